The summed E-state index contributed by atoms with van der Waals surface area (Å²) >= 11 is 0. The van der Waals surface area contributed by atoms with E-state index in [2.05, 4.69) is 19.9 Å². The maximum atomic E-state index is 13.1. The van der Waals surface area contributed by atoms with E-state index in [1.165, 1.54) is 0 Å². The van der Waals surface area contributed by atoms with Gasteiger partial charge in [0, 0.05) is 17.8 Å². The summed E-state index contributed by atoms with van der Waals surface area (Å²) in [6.07, 6.45) is 8.05. The highest BCUT2D eigenvalue weighted by Crippen LogP contribution is 2.37. The van der Waals surface area contributed by atoms with E-state index in [-0.39, 0.29) is 84.0 Å². The molecule has 0 aromatic rings. The Bertz CT molecular complexity index is 500. The second kappa shape index (κ2) is 17.0. The minimum absolute atomic E-state index is 0. The minimum atomic E-state index is -0.611. The molecule has 5 atom stereocenters. The third kappa shape index (κ3) is 11.5. The van der Waals surface area contributed by atoms with Crippen LogP contribution in [0.1, 0.15) is 73.6 Å². The molecule has 8 heteroatoms. The molecule has 0 bridgehead atoms. The van der Waals surface area contributed by atoms with E-state index >= 15 is 0 Å². The Labute approximate surface area is 208 Å². The van der Waals surface area contributed by atoms with Gasteiger partial charge in [-0.25, -0.2) is 0 Å². The zero-order chi connectivity index (χ0) is 19.2. The first-order valence-corrected chi connectivity index (χ1v) is 9.71. The average Bonchev–Trinajstić information content (AvgIpc) is 2.54. The monoisotopic (exact) mass is 482 g/mol. The van der Waals surface area contributed by atoms with Gasteiger partial charge < -0.3 is 4.74 Å². The fourth-order valence-electron chi connectivity index (χ4n) is 3.50. The number of carbonyl (C=O) groups is 2. The van der Waals surface area contributed by atoms with Crippen molar-refractivity contribution in [3.05, 3.63) is 12.2 Å². The van der Waals surface area contributed by atoms with Gasteiger partial charge >= 0.3 is 5.97 Å². The van der Waals surface area contributed by atoms with E-state index in [9.17, 15) is 9.59 Å². The van der Waals surface area contributed by atoms with Crippen LogP contribution in [0.3, 0.4) is 0 Å². The summed E-state index contributed by atoms with van der Waals surface area (Å²) in [4.78, 5) is 25.3. The highest BCUT2D eigenvalue weighted by Gasteiger charge is 2.40. The van der Waals surface area contributed by atoms with Crippen LogP contribution in [0.5, 0.6) is 0 Å². The van der Waals surface area contributed by atoms with Crippen LogP contribution in [0.25, 0.3) is 0 Å². The molecule has 1 aliphatic heterocycles. The largest absolute Gasteiger partial charge is 0.472 e. The van der Waals surface area contributed by atoms with Crippen molar-refractivity contribution >= 4 is 73.6 Å². The summed E-state index contributed by atoms with van der Waals surface area (Å²) in [6, 6.07) is -0.611. The molecule has 172 valence electrons. The lowest BCUT2D eigenvalue weighted by atomic mass is 9.67. The zero-order valence-corrected chi connectivity index (χ0v) is 22.9. The number of hydrogen-bond donors (Lipinski definition) is 0. The third-order valence-electron chi connectivity index (χ3n) is 6.29. The molecule has 0 N–H and O–H groups in total. The van der Waals surface area contributed by atoms with Crippen molar-refractivity contribution < 1.29 is 14.3 Å². The van der Waals surface area contributed by atoms with E-state index in [0.29, 0.717) is 18.3 Å². The maximum absolute atomic E-state index is 13.1. The van der Waals surface area contributed by atoms with Gasteiger partial charge in [0.05, 0.1) is 6.00 Å². The summed E-state index contributed by atoms with van der Waals surface area (Å²) in [7, 11) is 5.87. The van der Waals surface area contributed by atoms with Crippen LogP contribution in [0, 0.1) is 29.1 Å². The van der Waals surface area contributed by atoms with Gasteiger partial charge in [-0.05, 0) is 37.0 Å². The molecular weight excluding hydrogens is 439 g/mol. The number of ether oxygens (including phenoxy) is 1. The molecule has 0 fully saturated rings. The van der Waals surface area contributed by atoms with Crippen molar-refractivity contribution in [1.29, 1.82) is 0 Å². The van der Waals surface area contributed by atoms with Crippen LogP contribution in [0.15, 0.2) is 12.2 Å². The van der Waals surface area contributed by atoms with Gasteiger partial charge in [-0.1, -0.05) is 60.1 Å². The third-order valence-corrected chi connectivity index (χ3v) is 6.29. The van der Waals surface area contributed by atoms with Crippen molar-refractivity contribution in [3.8, 4) is 0 Å². The van der Waals surface area contributed by atoms with Crippen LogP contribution in [-0.4, -0.2) is 25.6 Å². The first kappa shape index (κ1) is 36.7. The first-order chi connectivity index (χ1) is 11.6. The number of cyclic esters (lactones) is 1. The molecule has 0 aromatic carbocycles. The fourth-order valence-corrected chi connectivity index (χ4v) is 3.50. The smallest absolute Gasteiger partial charge is 0.305 e. The molecular formula is C21H43BO3S4. The summed E-state index contributed by atoms with van der Waals surface area (Å²) in [5.41, 5.74) is -0.562. The quantitative estimate of drug-likeness (QED) is 0.273. The second-order valence-corrected chi connectivity index (χ2v) is 8.48. The Hall–Kier alpha value is 0.345. The van der Waals surface area contributed by atoms with Gasteiger partial charge in [-0.15, -0.1) is 0 Å². The van der Waals surface area contributed by atoms with E-state index in [1.807, 2.05) is 33.8 Å². The van der Waals surface area contributed by atoms with Gasteiger partial charge in [0.15, 0.2) is 0 Å². The molecule has 0 aromatic heterocycles. The Balaban J connectivity index is -0.000000781. The molecule has 0 amide bonds. The predicted molar refractivity (Wildman–Crippen MR) is 145 cm³/mol. The molecule has 29 heavy (non-hydrogen) atoms. The van der Waals surface area contributed by atoms with Crippen molar-refractivity contribution in [2.75, 3.05) is 0 Å². The second-order valence-electron chi connectivity index (χ2n) is 8.48. The maximum Gasteiger partial charge on any atom is 0.305 e. The number of carbonyl (C=O) groups excluding carboxylic acids is 2. The van der Waals surface area contributed by atoms with E-state index in [0.717, 1.165) is 19.3 Å². The average molecular weight is 483 g/mol. The lowest BCUT2D eigenvalue weighted by Crippen LogP contribution is -2.40. The summed E-state index contributed by atoms with van der Waals surface area (Å²) in [6.45, 7) is 12.3. The van der Waals surface area contributed by atoms with Gasteiger partial charge in [0.2, 0.25) is 0 Å². The molecule has 0 unspecified atom stereocenters. The molecule has 3 nitrogen and oxygen atoms in total. The van der Waals surface area contributed by atoms with E-state index in [1.54, 1.807) is 0 Å². The number of hydrogen-bond acceptors (Lipinski definition) is 3. The van der Waals surface area contributed by atoms with E-state index < -0.39 is 11.4 Å². The van der Waals surface area contributed by atoms with Crippen LogP contribution in [0.4, 0.5) is 0 Å². The van der Waals surface area contributed by atoms with E-state index in [4.69, 9.17) is 12.6 Å². The minimum Gasteiger partial charge on any atom is -0.472 e. The van der Waals surface area contributed by atoms with Gasteiger partial charge in [0.25, 0.3) is 0 Å². The summed E-state index contributed by atoms with van der Waals surface area (Å²) in [5, 5.41) is 0. The fraction of sp³-hybridized carbons (Fsp3) is 0.810. The highest BCUT2D eigenvalue weighted by molar-refractivity contribution is 7.59. The first-order valence-electron chi connectivity index (χ1n) is 9.71. The standard InChI is InChI=1S/C21H35BO3.4H2S/c1-14-11-9-7-8-10-12-18(22)25-19(23)13-15(2)21(5,6)20(24)17(4)16(14)3;;;;/h8,10,14-18H,7,9,11-13H2,1-6H3;4*1H2/b10-8-;;;;/t14-,15+,16+,17-,18+;;;;/m1..../s1. The molecule has 0 saturated heterocycles. The molecule has 0 spiro atoms. The van der Waals surface area contributed by atoms with Crippen LogP contribution in [0.2, 0.25) is 0 Å². The molecule has 1 heterocycles. The molecule has 1 aliphatic rings. The van der Waals surface area contributed by atoms with Crippen molar-refractivity contribution in [2.24, 2.45) is 29.1 Å². The Morgan fingerprint density at radius 2 is 1.55 bits per heavy atom. The Morgan fingerprint density at radius 1 is 1.00 bits per heavy atom. The zero-order valence-electron chi connectivity index (χ0n) is 18.9. The van der Waals surface area contributed by atoms with Crippen LogP contribution in [-0.2, 0) is 14.3 Å². The summed E-state index contributed by atoms with van der Waals surface area (Å²) in [5.74, 6) is 0.635. The topological polar surface area (TPSA) is 43.4 Å². The predicted octanol–water partition coefficient (Wildman–Crippen LogP) is 5.14. The van der Waals surface area contributed by atoms with Gasteiger partial charge in [0.1, 0.15) is 13.6 Å². The van der Waals surface area contributed by atoms with Gasteiger partial charge in [-0.3, -0.25) is 9.59 Å². The number of esters is 1. The van der Waals surface area contributed by atoms with Crippen molar-refractivity contribution in [1.82, 2.24) is 0 Å². The van der Waals surface area contributed by atoms with Crippen LogP contribution >= 0.6 is 54.0 Å². The Morgan fingerprint density at radius 3 is 2.10 bits per heavy atom. The normalized spacial score (nSPS) is 32.1. The van der Waals surface area contributed by atoms with Crippen LogP contribution < -0.4 is 0 Å². The molecule has 0 saturated carbocycles. The Kier molecular flexibility index (Phi) is 21.5. The number of rotatable bonds is 0. The lowest BCUT2D eigenvalue weighted by Gasteiger charge is -2.36. The lowest BCUT2D eigenvalue weighted by molar-refractivity contribution is -0.148. The number of Topliss-reactive ketones (excluding diaryl/α,β-unsaturated/α-hetero) is 1. The number of ketones is 1. The van der Waals surface area contributed by atoms with Crippen molar-refractivity contribution in [2.45, 2.75) is 79.6 Å². The molecule has 0 aliphatic carbocycles. The van der Waals surface area contributed by atoms with Crippen molar-refractivity contribution in [3.63, 3.8) is 0 Å². The molecule has 1 rings (SSSR count). The highest BCUT2D eigenvalue weighted by atomic mass is 32.1. The molecule has 2 radical (unpaired) electrons. The summed E-state index contributed by atoms with van der Waals surface area (Å²) < 4.78 is 5.29. The number of allylic oxidation sites excluding steroid dienone is 1. The van der Waals surface area contributed by atoms with Gasteiger partial charge in [-0.2, -0.15) is 54.0 Å². The SMILES string of the molecule is S.S.S.S.[B][C@@H]1C/C=C\CCC[C@@H](C)[C@H](C)[C@@H](C)C(=O)C(C)(C)[C@@H](C)CC(=O)O1.